The van der Waals surface area contributed by atoms with Crippen molar-refractivity contribution < 1.29 is 9.50 Å². The lowest BCUT2D eigenvalue weighted by atomic mass is 10.1. The maximum atomic E-state index is 14.1. The second kappa shape index (κ2) is 7.83. The van der Waals surface area contributed by atoms with Gasteiger partial charge in [-0.2, -0.15) is 0 Å². The Morgan fingerprint density at radius 3 is 2.63 bits per heavy atom. The molecule has 0 amide bonds. The van der Waals surface area contributed by atoms with E-state index in [1.165, 1.54) is 28.3 Å². The highest BCUT2D eigenvalue weighted by molar-refractivity contribution is 5.86. The van der Waals surface area contributed by atoms with Gasteiger partial charge in [-0.3, -0.25) is 0 Å². The quantitative estimate of drug-likeness (QED) is 0.738. The maximum Gasteiger partial charge on any atom is 0.129 e. The molecule has 1 unspecified atom stereocenters. The Hall–Kier alpha value is -2.17. The van der Waals surface area contributed by atoms with Gasteiger partial charge >= 0.3 is 0 Å². The van der Waals surface area contributed by atoms with Gasteiger partial charge in [-0.1, -0.05) is 37.3 Å². The molecule has 0 bridgehead atoms. The van der Waals surface area contributed by atoms with Gasteiger partial charge in [0.05, 0.1) is 12.6 Å². The van der Waals surface area contributed by atoms with E-state index in [2.05, 4.69) is 41.6 Å². The molecule has 4 rings (SSSR count). The second-order valence-corrected chi connectivity index (χ2v) is 7.40. The Labute approximate surface area is 161 Å². The van der Waals surface area contributed by atoms with Crippen LogP contribution in [0.4, 0.5) is 4.39 Å². The lowest BCUT2D eigenvalue weighted by Gasteiger charge is -2.18. The summed E-state index contributed by atoms with van der Waals surface area (Å²) in [6.45, 7) is 4.52. The van der Waals surface area contributed by atoms with E-state index < -0.39 is 6.10 Å². The summed E-state index contributed by atoms with van der Waals surface area (Å²) >= 11 is 0. The van der Waals surface area contributed by atoms with Gasteiger partial charge in [-0.25, -0.2) is 4.39 Å². The summed E-state index contributed by atoms with van der Waals surface area (Å²) in [7, 11) is 2.15. The summed E-state index contributed by atoms with van der Waals surface area (Å²) in [5.41, 5.74) is 5.41. The molecule has 144 valence electrons. The van der Waals surface area contributed by atoms with Crippen LogP contribution in [0.25, 0.3) is 10.9 Å². The molecule has 1 aromatic heterocycles. The highest BCUT2D eigenvalue weighted by Crippen LogP contribution is 2.32. The fourth-order valence-corrected chi connectivity index (χ4v) is 4.09. The summed E-state index contributed by atoms with van der Waals surface area (Å²) in [6, 6.07) is 13.0. The number of hydrogen-bond acceptors (Lipinski definition) is 2. The molecular formula is C23H29FN2O. The highest BCUT2D eigenvalue weighted by atomic mass is 19.1. The van der Waals surface area contributed by atoms with Crippen LogP contribution in [-0.2, 0) is 19.4 Å². The van der Waals surface area contributed by atoms with Crippen LogP contribution in [0.1, 0.15) is 35.9 Å². The van der Waals surface area contributed by atoms with E-state index in [1.54, 1.807) is 18.2 Å². The first-order chi connectivity index (χ1) is 12.5. The molecule has 0 saturated heterocycles. The fraction of sp³-hybridized carbons (Fsp3) is 0.391. The number of aliphatic hydroxyl groups is 1. The van der Waals surface area contributed by atoms with Gasteiger partial charge < -0.3 is 14.6 Å². The van der Waals surface area contributed by atoms with Crippen LogP contribution in [0.5, 0.6) is 0 Å². The average Bonchev–Trinajstić information content (AvgIpc) is 2.76. The molecule has 1 N–H and O–H groups in total. The number of nitrogens with zero attached hydrogens (tertiary/aromatic N) is 2. The van der Waals surface area contributed by atoms with Gasteiger partial charge in [0.2, 0.25) is 0 Å². The molecule has 1 aliphatic rings. The van der Waals surface area contributed by atoms with Gasteiger partial charge in [0.15, 0.2) is 0 Å². The number of aryl methyl sites for hydroxylation is 1. The zero-order valence-electron chi connectivity index (χ0n) is 15.4. The Kier molecular flexibility index (Phi) is 5.68. The van der Waals surface area contributed by atoms with E-state index in [0.717, 1.165) is 31.4 Å². The molecule has 2 aromatic carbocycles. The molecule has 1 atom stereocenters. The standard InChI is InChI=1S/C22H25FN2O.CH4/c1-15-7-8-20-18(13-15)16-9-11-24(2)12-10-21(16)25(20)14-22(26)17-5-3-4-6-19(17)23;/h3-8,13,22,26H,9-12,14H2,1-2H3;1H4. The highest BCUT2D eigenvalue weighted by Gasteiger charge is 2.23. The Morgan fingerprint density at radius 1 is 1.11 bits per heavy atom. The molecule has 0 spiro atoms. The molecule has 4 heteroatoms. The van der Waals surface area contributed by atoms with Crippen LogP contribution in [-0.4, -0.2) is 34.7 Å². The first kappa shape index (κ1) is 19.6. The van der Waals surface area contributed by atoms with Crippen molar-refractivity contribution in [3.8, 4) is 0 Å². The Balaban J connectivity index is 0.00000210. The van der Waals surface area contributed by atoms with E-state index in [1.807, 2.05) is 0 Å². The number of benzene rings is 2. The predicted molar refractivity (Wildman–Crippen MR) is 110 cm³/mol. The maximum absolute atomic E-state index is 14.1. The Bertz CT molecular complexity index is 947. The van der Waals surface area contributed by atoms with E-state index in [-0.39, 0.29) is 13.2 Å². The van der Waals surface area contributed by atoms with Crippen molar-refractivity contribution in [3.63, 3.8) is 0 Å². The summed E-state index contributed by atoms with van der Waals surface area (Å²) in [6.07, 6.45) is 1.09. The zero-order valence-corrected chi connectivity index (χ0v) is 15.4. The summed E-state index contributed by atoms with van der Waals surface area (Å²) in [5, 5.41) is 12.0. The third kappa shape index (κ3) is 3.64. The molecular weight excluding hydrogens is 339 g/mol. The summed E-state index contributed by atoms with van der Waals surface area (Å²) < 4.78 is 16.3. The number of rotatable bonds is 3. The number of likely N-dealkylation sites (N-methyl/N-ethyl adjacent to an activating group) is 1. The van der Waals surface area contributed by atoms with E-state index in [0.29, 0.717) is 12.1 Å². The molecule has 0 radical (unpaired) electrons. The molecule has 27 heavy (non-hydrogen) atoms. The van der Waals surface area contributed by atoms with Crippen LogP contribution < -0.4 is 0 Å². The normalized spacial score (nSPS) is 15.9. The van der Waals surface area contributed by atoms with Crippen molar-refractivity contribution in [3.05, 3.63) is 70.7 Å². The van der Waals surface area contributed by atoms with Crippen molar-refractivity contribution in [2.75, 3.05) is 20.1 Å². The number of fused-ring (bicyclic) bond motifs is 3. The van der Waals surface area contributed by atoms with Gasteiger partial charge in [0, 0.05) is 41.7 Å². The molecule has 3 nitrogen and oxygen atoms in total. The third-order valence-corrected chi connectivity index (χ3v) is 5.54. The molecule has 1 aliphatic heterocycles. The summed E-state index contributed by atoms with van der Waals surface area (Å²) in [4.78, 5) is 2.35. The number of aliphatic hydroxyl groups excluding tert-OH is 1. The van der Waals surface area contributed by atoms with Crippen molar-refractivity contribution in [1.29, 1.82) is 0 Å². The minimum atomic E-state index is -0.863. The topological polar surface area (TPSA) is 28.4 Å². The minimum absolute atomic E-state index is 0. The SMILES string of the molecule is C.Cc1ccc2c(c1)c1c(n2CC(O)c2ccccc2F)CCN(C)CC1. The molecule has 2 heterocycles. The largest absolute Gasteiger partial charge is 0.386 e. The van der Waals surface area contributed by atoms with Gasteiger partial charge in [0.1, 0.15) is 5.82 Å². The lowest BCUT2D eigenvalue weighted by molar-refractivity contribution is 0.152. The second-order valence-electron chi connectivity index (χ2n) is 7.40. The summed E-state index contributed by atoms with van der Waals surface area (Å²) in [5.74, 6) is -0.349. The fourth-order valence-electron chi connectivity index (χ4n) is 4.09. The van der Waals surface area contributed by atoms with Crippen molar-refractivity contribution in [2.45, 2.75) is 39.8 Å². The van der Waals surface area contributed by atoms with E-state index >= 15 is 0 Å². The number of aromatic nitrogens is 1. The van der Waals surface area contributed by atoms with Crippen LogP contribution in [0.15, 0.2) is 42.5 Å². The van der Waals surface area contributed by atoms with Crippen LogP contribution in [0, 0.1) is 12.7 Å². The minimum Gasteiger partial charge on any atom is -0.386 e. The average molecular weight is 368 g/mol. The first-order valence-electron chi connectivity index (χ1n) is 9.26. The monoisotopic (exact) mass is 368 g/mol. The lowest BCUT2D eigenvalue weighted by Crippen LogP contribution is -2.21. The third-order valence-electron chi connectivity index (χ3n) is 5.54. The Morgan fingerprint density at radius 2 is 1.85 bits per heavy atom. The molecule has 0 saturated carbocycles. The van der Waals surface area contributed by atoms with Crippen molar-refractivity contribution in [1.82, 2.24) is 9.47 Å². The zero-order chi connectivity index (χ0) is 18.3. The van der Waals surface area contributed by atoms with Crippen LogP contribution >= 0.6 is 0 Å². The molecule has 0 aliphatic carbocycles. The smallest absolute Gasteiger partial charge is 0.129 e. The van der Waals surface area contributed by atoms with Crippen LogP contribution in [0.2, 0.25) is 0 Å². The van der Waals surface area contributed by atoms with Crippen LogP contribution in [0.3, 0.4) is 0 Å². The first-order valence-corrected chi connectivity index (χ1v) is 9.26. The van der Waals surface area contributed by atoms with Gasteiger partial charge in [0.25, 0.3) is 0 Å². The van der Waals surface area contributed by atoms with E-state index in [9.17, 15) is 9.50 Å². The molecule has 0 fully saturated rings. The van der Waals surface area contributed by atoms with Crippen molar-refractivity contribution >= 4 is 10.9 Å². The van der Waals surface area contributed by atoms with E-state index in [4.69, 9.17) is 0 Å². The molecule has 3 aromatic rings. The van der Waals surface area contributed by atoms with Crippen molar-refractivity contribution in [2.24, 2.45) is 0 Å². The predicted octanol–water partition coefficient (Wildman–Crippen LogP) is 4.49. The number of halogens is 1. The van der Waals surface area contributed by atoms with Gasteiger partial charge in [-0.15, -0.1) is 0 Å². The number of hydrogen-bond donors (Lipinski definition) is 1. The van der Waals surface area contributed by atoms with Gasteiger partial charge in [-0.05, 0) is 44.2 Å².